The van der Waals surface area contributed by atoms with Gasteiger partial charge in [-0.25, -0.2) is 4.39 Å². The first-order valence-electron chi connectivity index (χ1n) is 7.14. The van der Waals surface area contributed by atoms with E-state index in [1.807, 2.05) is 11.6 Å². The molecule has 5 nitrogen and oxygen atoms in total. The first kappa shape index (κ1) is 15.0. The highest BCUT2D eigenvalue weighted by molar-refractivity contribution is 6.33. The summed E-state index contributed by atoms with van der Waals surface area (Å²) in [7, 11) is 1.92. The van der Waals surface area contributed by atoms with Crippen LogP contribution in [-0.4, -0.2) is 38.7 Å². The van der Waals surface area contributed by atoms with Gasteiger partial charge >= 0.3 is 0 Å². The number of rotatable bonds is 2. The minimum absolute atomic E-state index is 0.151. The van der Waals surface area contributed by atoms with Gasteiger partial charge in [0.25, 0.3) is 5.91 Å². The molecule has 22 heavy (non-hydrogen) atoms. The second-order valence-electron chi connectivity index (χ2n) is 5.49. The zero-order valence-corrected chi connectivity index (χ0v) is 12.9. The Hall–Kier alpha value is -1.95. The van der Waals surface area contributed by atoms with Crippen molar-refractivity contribution in [1.29, 1.82) is 0 Å². The van der Waals surface area contributed by atoms with Crippen LogP contribution in [-0.2, 0) is 7.05 Å². The zero-order valence-electron chi connectivity index (χ0n) is 12.2. The van der Waals surface area contributed by atoms with Crippen LogP contribution < -0.4 is 0 Å². The molecule has 7 heteroatoms. The third-order valence-electron chi connectivity index (χ3n) is 4.06. The fourth-order valence-electron chi connectivity index (χ4n) is 2.84. The number of carbonyl (C=O) groups excluding carboxylic acids is 1. The summed E-state index contributed by atoms with van der Waals surface area (Å²) in [5, 5.41) is 8.19. The van der Waals surface area contributed by atoms with Crippen LogP contribution in [0.15, 0.2) is 24.5 Å². The van der Waals surface area contributed by atoms with Crippen molar-refractivity contribution in [2.75, 3.05) is 13.1 Å². The summed E-state index contributed by atoms with van der Waals surface area (Å²) in [5.41, 5.74) is 0.347. The van der Waals surface area contributed by atoms with E-state index < -0.39 is 5.82 Å². The third-order valence-corrected chi connectivity index (χ3v) is 4.37. The maximum Gasteiger partial charge on any atom is 0.255 e. The molecular weight excluding hydrogens is 307 g/mol. The summed E-state index contributed by atoms with van der Waals surface area (Å²) in [6.07, 6.45) is 3.35. The van der Waals surface area contributed by atoms with E-state index in [1.54, 1.807) is 11.2 Å². The number of benzene rings is 1. The number of piperidine rings is 1. The van der Waals surface area contributed by atoms with Crippen LogP contribution in [0.1, 0.15) is 34.9 Å². The van der Waals surface area contributed by atoms with Crippen LogP contribution in [0, 0.1) is 5.82 Å². The molecule has 0 spiro atoms. The molecule has 1 fully saturated rings. The van der Waals surface area contributed by atoms with Gasteiger partial charge in [0, 0.05) is 26.1 Å². The van der Waals surface area contributed by atoms with E-state index in [0.29, 0.717) is 24.6 Å². The molecular formula is C15H16ClFN4O. The Labute approximate surface area is 132 Å². The van der Waals surface area contributed by atoms with E-state index in [2.05, 4.69) is 10.2 Å². The lowest BCUT2D eigenvalue weighted by Gasteiger charge is -2.31. The van der Waals surface area contributed by atoms with Crippen LogP contribution in [0.25, 0.3) is 0 Å². The molecule has 0 saturated carbocycles. The van der Waals surface area contributed by atoms with Crippen molar-refractivity contribution in [3.8, 4) is 0 Å². The van der Waals surface area contributed by atoms with Crippen LogP contribution in [0.4, 0.5) is 4.39 Å². The van der Waals surface area contributed by atoms with Crippen molar-refractivity contribution in [2.24, 2.45) is 7.05 Å². The Balaban J connectivity index is 1.68. The number of nitrogens with zero attached hydrogens (tertiary/aromatic N) is 4. The minimum atomic E-state index is -0.442. The minimum Gasteiger partial charge on any atom is -0.339 e. The lowest BCUT2D eigenvalue weighted by molar-refractivity contribution is 0.0710. The molecule has 0 radical (unpaired) electrons. The fraction of sp³-hybridized carbons (Fsp3) is 0.400. The van der Waals surface area contributed by atoms with Crippen LogP contribution in [0.3, 0.4) is 0 Å². The van der Waals surface area contributed by atoms with Crippen molar-refractivity contribution in [3.05, 3.63) is 46.8 Å². The Morgan fingerprint density at radius 2 is 2.09 bits per heavy atom. The molecule has 116 valence electrons. The van der Waals surface area contributed by atoms with Gasteiger partial charge in [0.05, 0.1) is 10.6 Å². The summed E-state index contributed by atoms with van der Waals surface area (Å²) >= 11 is 5.97. The summed E-state index contributed by atoms with van der Waals surface area (Å²) in [5.74, 6) is 0.663. The lowest BCUT2D eigenvalue weighted by Crippen LogP contribution is -2.38. The first-order valence-corrected chi connectivity index (χ1v) is 7.52. The van der Waals surface area contributed by atoms with E-state index in [0.717, 1.165) is 18.7 Å². The quantitative estimate of drug-likeness (QED) is 0.854. The summed E-state index contributed by atoms with van der Waals surface area (Å²) in [6, 6.07) is 3.86. The second-order valence-corrected chi connectivity index (χ2v) is 5.90. The number of carbonyl (C=O) groups is 1. The van der Waals surface area contributed by atoms with E-state index >= 15 is 0 Å². The second kappa shape index (κ2) is 6.04. The smallest absolute Gasteiger partial charge is 0.255 e. The van der Waals surface area contributed by atoms with Crippen molar-refractivity contribution < 1.29 is 9.18 Å². The molecule has 0 bridgehead atoms. The molecule has 0 aliphatic carbocycles. The molecule has 1 aromatic carbocycles. The molecule has 1 aromatic heterocycles. The number of amides is 1. The van der Waals surface area contributed by atoms with Crippen molar-refractivity contribution in [1.82, 2.24) is 19.7 Å². The average molecular weight is 323 g/mol. The Morgan fingerprint density at radius 1 is 1.36 bits per heavy atom. The molecule has 2 aromatic rings. The molecule has 0 atom stereocenters. The van der Waals surface area contributed by atoms with E-state index in [1.165, 1.54) is 18.2 Å². The summed E-state index contributed by atoms with van der Waals surface area (Å²) in [6.45, 7) is 1.26. The predicted octanol–water partition coefficient (Wildman–Crippen LogP) is 2.63. The standard InChI is InChI=1S/C15H16ClFN4O/c1-20-9-18-19-14(20)10-4-6-21(7-5-10)15(22)12-3-2-11(17)8-13(12)16/h2-3,8-10H,4-7H2,1H3. The topological polar surface area (TPSA) is 51.0 Å². The van der Waals surface area contributed by atoms with Gasteiger partial charge in [-0.3, -0.25) is 4.79 Å². The van der Waals surface area contributed by atoms with Crippen molar-refractivity contribution >= 4 is 17.5 Å². The number of hydrogen-bond donors (Lipinski definition) is 0. The molecule has 1 amide bonds. The van der Waals surface area contributed by atoms with E-state index in [9.17, 15) is 9.18 Å². The number of aromatic nitrogens is 3. The maximum atomic E-state index is 13.1. The predicted molar refractivity (Wildman–Crippen MR) is 80.3 cm³/mol. The highest BCUT2D eigenvalue weighted by Crippen LogP contribution is 2.28. The first-order chi connectivity index (χ1) is 10.6. The monoisotopic (exact) mass is 322 g/mol. The Morgan fingerprint density at radius 3 is 2.68 bits per heavy atom. The van der Waals surface area contributed by atoms with E-state index in [-0.39, 0.29) is 10.9 Å². The van der Waals surface area contributed by atoms with Crippen LogP contribution in [0.5, 0.6) is 0 Å². The van der Waals surface area contributed by atoms with Gasteiger partial charge in [-0.1, -0.05) is 11.6 Å². The average Bonchev–Trinajstić information content (AvgIpc) is 2.93. The molecule has 1 aliphatic heterocycles. The Bertz CT molecular complexity index is 695. The lowest BCUT2D eigenvalue weighted by atomic mass is 9.95. The van der Waals surface area contributed by atoms with Gasteiger partial charge in [0.2, 0.25) is 0 Å². The zero-order chi connectivity index (χ0) is 15.7. The maximum absolute atomic E-state index is 13.1. The molecule has 3 rings (SSSR count). The molecule has 1 aliphatic rings. The number of hydrogen-bond acceptors (Lipinski definition) is 3. The van der Waals surface area contributed by atoms with Gasteiger partial charge in [-0.15, -0.1) is 10.2 Å². The van der Waals surface area contributed by atoms with Gasteiger partial charge < -0.3 is 9.47 Å². The summed E-state index contributed by atoms with van der Waals surface area (Å²) in [4.78, 5) is 14.2. The van der Waals surface area contributed by atoms with Crippen LogP contribution in [0.2, 0.25) is 5.02 Å². The normalized spacial score (nSPS) is 16.0. The highest BCUT2D eigenvalue weighted by Gasteiger charge is 2.27. The molecule has 0 unspecified atom stereocenters. The number of likely N-dealkylation sites (tertiary alicyclic amines) is 1. The highest BCUT2D eigenvalue weighted by atomic mass is 35.5. The summed E-state index contributed by atoms with van der Waals surface area (Å²) < 4.78 is 15.0. The van der Waals surface area contributed by atoms with E-state index in [4.69, 9.17) is 11.6 Å². The van der Waals surface area contributed by atoms with Gasteiger partial charge in [-0.05, 0) is 31.0 Å². The SMILES string of the molecule is Cn1cnnc1C1CCN(C(=O)c2ccc(F)cc2Cl)CC1. The van der Waals surface area contributed by atoms with Crippen molar-refractivity contribution in [3.63, 3.8) is 0 Å². The molecule has 2 heterocycles. The molecule has 1 saturated heterocycles. The molecule has 0 N–H and O–H groups in total. The van der Waals surface area contributed by atoms with Gasteiger partial charge in [0.1, 0.15) is 18.0 Å². The fourth-order valence-corrected chi connectivity index (χ4v) is 3.08. The number of aryl methyl sites for hydroxylation is 1. The van der Waals surface area contributed by atoms with Gasteiger partial charge in [-0.2, -0.15) is 0 Å². The Kier molecular flexibility index (Phi) is 4.11. The number of halogens is 2. The largest absolute Gasteiger partial charge is 0.339 e. The van der Waals surface area contributed by atoms with Gasteiger partial charge in [0.15, 0.2) is 0 Å². The van der Waals surface area contributed by atoms with Crippen molar-refractivity contribution in [2.45, 2.75) is 18.8 Å². The third kappa shape index (κ3) is 2.83. The van der Waals surface area contributed by atoms with Crippen LogP contribution >= 0.6 is 11.6 Å².